The molecule has 2 atom stereocenters. The van der Waals surface area contributed by atoms with Gasteiger partial charge >= 0.3 is 0 Å². The summed E-state index contributed by atoms with van der Waals surface area (Å²) in [5, 5.41) is 14.1. The fourth-order valence-electron chi connectivity index (χ4n) is 2.50. The van der Waals surface area contributed by atoms with Crippen LogP contribution in [0.25, 0.3) is 10.1 Å². The van der Waals surface area contributed by atoms with Crippen molar-refractivity contribution < 1.29 is 14.6 Å². The second-order valence-electron chi connectivity index (χ2n) is 5.46. The molecular weight excluding hydrogens is 288 g/mol. The number of fused-ring (bicyclic) bond motifs is 1. The third-order valence-corrected chi connectivity index (χ3v) is 5.09. The zero-order chi connectivity index (χ0) is 15.0. The van der Waals surface area contributed by atoms with Crippen molar-refractivity contribution in [2.45, 2.75) is 25.0 Å². The summed E-state index contributed by atoms with van der Waals surface area (Å²) >= 11 is 1.42. The summed E-state index contributed by atoms with van der Waals surface area (Å²) in [5.41, 5.74) is 5.44. The van der Waals surface area contributed by atoms with Gasteiger partial charge in [-0.3, -0.25) is 4.79 Å². The number of hydrogen-bond donors (Lipinski definition) is 3. The number of nitrogen functional groups attached to an aromatic ring is 1. The van der Waals surface area contributed by atoms with E-state index in [-0.39, 0.29) is 18.6 Å². The van der Waals surface area contributed by atoms with Crippen LogP contribution in [0.5, 0.6) is 0 Å². The van der Waals surface area contributed by atoms with Crippen molar-refractivity contribution in [3.8, 4) is 0 Å². The smallest absolute Gasteiger partial charge is 0.261 e. The normalized spacial score (nSPS) is 25.3. The predicted octanol–water partition coefficient (Wildman–Crippen LogP) is 1.75. The lowest BCUT2D eigenvalue weighted by molar-refractivity contribution is -0.0251. The molecule has 0 saturated carbocycles. The lowest BCUT2D eigenvalue weighted by Crippen LogP contribution is -2.47. The van der Waals surface area contributed by atoms with E-state index in [1.54, 1.807) is 0 Å². The van der Waals surface area contributed by atoms with Gasteiger partial charge in [-0.25, -0.2) is 0 Å². The molecule has 1 fully saturated rings. The number of amides is 1. The van der Waals surface area contributed by atoms with Crippen LogP contribution in [-0.2, 0) is 4.74 Å². The van der Waals surface area contributed by atoms with Gasteiger partial charge in [0.05, 0.1) is 11.0 Å². The zero-order valence-corrected chi connectivity index (χ0v) is 12.6. The third-order valence-electron chi connectivity index (χ3n) is 3.98. The minimum absolute atomic E-state index is 0.178. The van der Waals surface area contributed by atoms with Gasteiger partial charge in [0.15, 0.2) is 0 Å². The summed E-state index contributed by atoms with van der Waals surface area (Å²) in [6, 6.07) is 7.40. The summed E-state index contributed by atoms with van der Waals surface area (Å²) in [4.78, 5) is 12.8. The van der Waals surface area contributed by atoms with Crippen molar-refractivity contribution in [2.75, 3.05) is 18.9 Å². The Morgan fingerprint density at radius 3 is 3.10 bits per heavy atom. The average Bonchev–Trinajstić information content (AvgIpc) is 3.01. The Morgan fingerprint density at radius 2 is 2.38 bits per heavy atom. The SMILES string of the molecule is CC1OCCC1(O)CNC(=O)c1cc2cc(N)ccc2s1. The minimum Gasteiger partial charge on any atom is -0.399 e. The molecule has 4 N–H and O–H groups in total. The molecule has 6 heteroatoms. The van der Waals surface area contributed by atoms with Crippen LogP contribution in [0.15, 0.2) is 24.3 Å². The molecule has 1 amide bonds. The van der Waals surface area contributed by atoms with E-state index >= 15 is 0 Å². The van der Waals surface area contributed by atoms with E-state index in [2.05, 4.69) is 5.32 Å². The number of ether oxygens (including phenoxy) is 1. The second-order valence-corrected chi connectivity index (χ2v) is 6.54. The lowest BCUT2D eigenvalue weighted by atomic mass is 9.97. The van der Waals surface area contributed by atoms with Crippen molar-refractivity contribution >= 4 is 33.0 Å². The highest BCUT2D eigenvalue weighted by molar-refractivity contribution is 7.20. The Labute approximate surface area is 126 Å². The molecule has 3 rings (SSSR count). The van der Waals surface area contributed by atoms with Gasteiger partial charge < -0.3 is 20.9 Å². The first kappa shape index (κ1) is 14.3. The standard InChI is InChI=1S/C15H18N2O3S/c1-9-15(19,4-5-20-9)8-17-14(18)13-7-10-6-11(16)2-3-12(10)21-13/h2-3,6-7,9,19H,4-5,8,16H2,1H3,(H,17,18). The second kappa shape index (κ2) is 5.29. The Hall–Kier alpha value is -1.63. The van der Waals surface area contributed by atoms with Gasteiger partial charge in [0.1, 0.15) is 5.60 Å². The number of nitrogens with one attached hydrogen (secondary N) is 1. The Kier molecular flexibility index (Phi) is 3.61. The van der Waals surface area contributed by atoms with Crippen LogP contribution in [0, 0.1) is 0 Å². The fraction of sp³-hybridized carbons (Fsp3) is 0.400. The Balaban J connectivity index is 1.72. The van der Waals surface area contributed by atoms with Crippen molar-refractivity contribution in [1.29, 1.82) is 0 Å². The number of carbonyl (C=O) groups excluding carboxylic acids is 1. The summed E-state index contributed by atoms with van der Waals surface area (Å²) in [5.74, 6) is -0.178. The molecule has 2 heterocycles. The molecule has 2 unspecified atom stereocenters. The molecule has 1 aromatic carbocycles. The molecular formula is C15H18N2O3S. The van der Waals surface area contributed by atoms with Crippen LogP contribution >= 0.6 is 11.3 Å². The maximum absolute atomic E-state index is 12.2. The Morgan fingerprint density at radius 1 is 1.57 bits per heavy atom. The van der Waals surface area contributed by atoms with Crippen molar-refractivity contribution in [2.24, 2.45) is 0 Å². The van der Waals surface area contributed by atoms with Crippen molar-refractivity contribution in [3.63, 3.8) is 0 Å². The number of anilines is 1. The highest BCUT2D eigenvalue weighted by Gasteiger charge is 2.39. The van der Waals surface area contributed by atoms with Crippen LogP contribution in [0.3, 0.4) is 0 Å². The topological polar surface area (TPSA) is 84.6 Å². The molecule has 0 radical (unpaired) electrons. The number of thiophene rings is 1. The maximum atomic E-state index is 12.2. The van der Waals surface area contributed by atoms with Crippen LogP contribution in [0.4, 0.5) is 5.69 Å². The van der Waals surface area contributed by atoms with E-state index in [0.717, 1.165) is 10.1 Å². The highest BCUT2D eigenvalue weighted by Crippen LogP contribution is 2.28. The van der Waals surface area contributed by atoms with Gasteiger partial charge in [0, 0.05) is 30.0 Å². The number of nitrogens with two attached hydrogens (primary N) is 1. The van der Waals surface area contributed by atoms with Crippen LogP contribution < -0.4 is 11.1 Å². The summed E-state index contributed by atoms with van der Waals surface area (Å²) in [6.07, 6.45) is 0.275. The van der Waals surface area contributed by atoms with Crippen LogP contribution in [0.1, 0.15) is 23.0 Å². The predicted molar refractivity (Wildman–Crippen MR) is 83.6 cm³/mol. The van der Waals surface area contributed by atoms with Gasteiger partial charge in [0.2, 0.25) is 0 Å². The molecule has 0 aliphatic carbocycles. The largest absolute Gasteiger partial charge is 0.399 e. The van der Waals surface area contributed by atoms with E-state index in [9.17, 15) is 9.90 Å². The molecule has 1 aliphatic rings. The fourth-order valence-corrected chi connectivity index (χ4v) is 3.46. The molecule has 0 spiro atoms. The molecule has 2 aromatic rings. The molecule has 21 heavy (non-hydrogen) atoms. The number of hydrogen-bond acceptors (Lipinski definition) is 5. The van der Waals surface area contributed by atoms with E-state index in [4.69, 9.17) is 10.5 Å². The number of rotatable bonds is 3. The van der Waals surface area contributed by atoms with Crippen molar-refractivity contribution in [3.05, 3.63) is 29.1 Å². The average molecular weight is 306 g/mol. The molecule has 1 aliphatic heterocycles. The van der Waals surface area contributed by atoms with E-state index in [1.807, 2.05) is 31.2 Å². The summed E-state index contributed by atoms with van der Waals surface area (Å²) in [6.45, 7) is 2.54. The number of carbonyl (C=O) groups is 1. The van der Waals surface area contributed by atoms with Gasteiger partial charge in [0.25, 0.3) is 5.91 Å². The third kappa shape index (κ3) is 2.74. The minimum atomic E-state index is -0.975. The van der Waals surface area contributed by atoms with E-state index in [1.165, 1.54) is 11.3 Å². The van der Waals surface area contributed by atoms with E-state index < -0.39 is 5.60 Å². The van der Waals surface area contributed by atoms with Gasteiger partial charge in [-0.05, 0) is 36.6 Å². The number of aliphatic hydroxyl groups is 1. The van der Waals surface area contributed by atoms with Gasteiger partial charge in [-0.2, -0.15) is 0 Å². The Bertz CT molecular complexity index is 685. The molecule has 112 valence electrons. The first-order valence-electron chi connectivity index (χ1n) is 6.89. The monoisotopic (exact) mass is 306 g/mol. The maximum Gasteiger partial charge on any atom is 0.261 e. The highest BCUT2D eigenvalue weighted by atomic mass is 32.1. The first-order chi connectivity index (χ1) is 9.98. The van der Waals surface area contributed by atoms with Crippen molar-refractivity contribution in [1.82, 2.24) is 5.32 Å². The summed E-state index contributed by atoms with van der Waals surface area (Å²) in [7, 11) is 0. The summed E-state index contributed by atoms with van der Waals surface area (Å²) < 4.78 is 6.37. The van der Waals surface area contributed by atoms with E-state index in [0.29, 0.717) is 23.6 Å². The van der Waals surface area contributed by atoms with Crippen LogP contribution in [-0.4, -0.2) is 35.9 Å². The van der Waals surface area contributed by atoms with Gasteiger partial charge in [-0.1, -0.05) is 0 Å². The molecule has 1 aromatic heterocycles. The quantitative estimate of drug-likeness (QED) is 0.754. The number of benzene rings is 1. The molecule has 5 nitrogen and oxygen atoms in total. The van der Waals surface area contributed by atoms with Crippen LogP contribution in [0.2, 0.25) is 0 Å². The van der Waals surface area contributed by atoms with Gasteiger partial charge in [-0.15, -0.1) is 11.3 Å². The zero-order valence-electron chi connectivity index (χ0n) is 11.8. The molecule has 1 saturated heterocycles. The first-order valence-corrected chi connectivity index (χ1v) is 7.71. The lowest BCUT2D eigenvalue weighted by Gasteiger charge is -2.25. The molecule has 0 bridgehead atoms.